The highest BCUT2D eigenvalue weighted by Gasteiger charge is 2.29. The number of rotatable bonds is 8. The van der Waals surface area contributed by atoms with Crippen molar-refractivity contribution in [2.24, 2.45) is 0 Å². The first kappa shape index (κ1) is 16.5. The van der Waals surface area contributed by atoms with Crippen molar-refractivity contribution in [3.05, 3.63) is 28.7 Å². The summed E-state index contributed by atoms with van der Waals surface area (Å²) in [7, 11) is 1.70. The zero-order valence-corrected chi connectivity index (χ0v) is 13.7. The van der Waals surface area contributed by atoms with Crippen LogP contribution in [-0.4, -0.2) is 29.4 Å². The molecule has 0 saturated heterocycles. The molecule has 1 atom stereocenters. The number of unbranched alkanes of at least 4 members (excludes halogenated alkanes) is 1. The van der Waals surface area contributed by atoms with Crippen LogP contribution in [0.2, 0.25) is 0 Å². The van der Waals surface area contributed by atoms with E-state index in [1.165, 1.54) is 4.90 Å². The first-order valence-electron chi connectivity index (χ1n) is 6.28. The normalized spacial score (nSPS) is 14.1. The quantitative estimate of drug-likeness (QED) is 0.556. The molecule has 1 aromatic rings. The Morgan fingerprint density at radius 3 is 2.53 bits per heavy atom. The lowest BCUT2D eigenvalue weighted by molar-refractivity contribution is -0.144. The average Bonchev–Trinajstić information content (AvgIpc) is 2.40. The number of carboxylic acids is 1. The van der Waals surface area contributed by atoms with Crippen LogP contribution in [-0.2, 0) is 4.79 Å². The number of carbonyl (C=O) groups is 1. The third-order valence-corrected chi connectivity index (χ3v) is 4.80. The number of benzene rings is 1. The first-order valence-corrected chi connectivity index (χ1v) is 8.06. The second kappa shape index (κ2) is 7.92. The molecule has 2 N–H and O–H groups in total. The Morgan fingerprint density at radius 2 is 2.00 bits per heavy atom. The van der Waals surface area contributed by atoms with Gasteiger partial charge in [-0.2, -0.15) is 0 Å². The van der Waals surface area contributed by atoms with Gasteiger partial charge < -0.3 is 10.4 Å². The second-order valence-corrected chi connectivity index (χ2v) is 6.73. The highest BCUT2D eigenvalue weighted by Crippen LogP contribution is 2.23. The lowest BCUT2D eigenvalue weighted by Gasteiger charge is -2.23. The van der Waals surface area contributed by atoms with Crippen molar-refractivity contribution in [2.75, 3.05) is 12.8 Å². The molecule has 0 radical (unpaired) electrons. The Bertz CT molecular complexity index is 410. The largest absolute Gasteiger partial charge is 0.480 e. The van der Waals surface area contributed by atoms with Crippen molar-refractivity contribution < 1.29 is 9.90 Å². The van der Waals surface area contributed by atoms with Crippen molar-refractivity contribution in [3.8, 4) is 0 Å². The van der Waals surface area contributed by atoms with E-state index in [9.17, 15) is 4.79 Å². The molecular formula is C14H20BrNO2S. The predicted molar refractivity (Wildman–Crippen MR) is 83.8 cm³/mol. The van der Waals surface area contributed by atoms with Gasteiger partial charge in [-0.25, -0.2) is 0 Å². The number of hydrogen-bond donors (Lipinski definition) is 2. The minimum atomic E-state index is -0.803. The van der Waals surface area contributed by atoms with Crippen molar-refractivity contribution >= 4 is 33.7 Å². The molecule has 1 aromatic carbocycles. The highest BCUT2D eigenvalue weighted by atomic mass is 79.9. The minimum absolute atomic E-state index is 0.653. The number of aliphatic carboxylic acids is 1. The fourth-order valence-corrected chi connectivity index (χ4v) is 2.82. The second-order valence-electron chi connectivity index (χ2n) is 4.65. The third-order valence-electron chi connectivity index (χ3n) is 3.18. The Morgan fingerprint density at radius 1 is 1.37 bits per heavy atom. The zero-order chi connectivity index (χ0) is 14.3. The van der Waals surface area contributed by atoms with Crippen molar-refractivity contribution in [1.29, 1.82) is 0 Å². The van der Waals surface area contributed by atoms with Gasteiger partial charge in [0.25, 0.3) is 0 Å². The fraction of sp³-hybridized carbons (Fsp3) is 0.500. The van der Waals surface area contributed by atoms with Crippen LogP contribution in [0.25, 0.3) is 0 Å². The molecule has 0 aliphatic rings. The number of thioether (sulfide) groups is 1. The standard InChI is InChI=1S/C14H20BrNO2S/c1-14(16-2,13(17)18)9-3-4-10-19-12-7-5-11(15)6-8-12/h5-8,16H,3-4,9-10H2,1-2H3,(H,17,18). The van der Waals surface area contributed by atoms with Crippen LogP contribution >= 0.6 is 27.7 Å². The van der Waals surface area contributed by atoms with Gasteiger partial charge in [-0.15, -0.1) is 11.8 Å². The van der Waals surface area contributed by atoms with Crippen LogP contribution in [0.1, 0.15) is 26.2 Å². The number of nitrogens with one attached hydrogen (secondary N) is 1. The van der Waals surface area contributed by atoms with Crippen LogP contribution in [0.5, 0.6) is 0 Å². The van der Waals surface area contributed by atoms with Crippen LogP contribution in [0.15, 0.2) is 33.6 Å². The van der Waals surface area contributed by atoms with E-state index in [0.717, 1.165) is 23.1 Å². The van der Waals surface area contributed by atoms with Gasteiger partial charge in [0.1, 0.15) is 5.54 Å². The molecule has 1 rings (SSSR count). The SMILES string of the molecule is CNC(C)(CCCCSc1ccc(Br)cc1)C(=O)O. The molecule has 0 bridgehead atoms. The molecule has 0 spiro atoms. The molecule has 0 amide bonds. The molecule has 0 fully saturated rings. The van der Waals surface area contributed by atoms with Gasteiger partial charge in [0, 0.05) is 9.37 Å². The highest BCUT2D eigenvalue weighted by molar-refractivity contribution is 9.10. The van der Waals surface area contributed by atoms with Gasteiger partial charge in [-0.3, -0.25) is 4.79 Å². The zero-order valence-electron chi connectivity index (χ0n) is 11.3. The number of carboxylic acid groups (broad SMARTS) is 1. The van der Waals surface area contributed by atoms with E-state index in [0.29, 0.717) is 6.42 Å². The van der Waals surface area contributed by atoms with E-state index in [2.05, 4.69) is 33.4 Å². The van der Waals surface area contributed by atoms with Gasteiger partial charge in [-0.1, -0.05) is 22.4 Å². The molecule has 0 aliphatic heterocycles. The average molecular weight is 346 g/mol. The van der Waals surface area contributed by atoms with E-state index in [1.807, 2.05) is 23.9 Å². The van der Waals surface area contributed by atoms with E-state index in [4.69, 9.17) is 5.11 Å². The molecule has 3 nitrogen and oxygen atoms in total. The Hall–Kier alpha value is -0.520. The monoisotopic (exact) mass is 345 g/mol. The first-order chi connectivity index (χ1) is 8.98. The molecule has 19 heavy (non-hydrogen) atoms. The van der Waals surface area contributed by atoms with Gasteiger partial charge in [0.2, 0.25) is 0 Å². The maximum absolute atomic E-state index is 11.1. The maximum atomic E-state index is 11.1. The van der Waals surface area contributed by atoms with Gasteiger partial charge in [-0.05, 0) is 56.8 Å². The van der Waals surface area contributed by atoms with E-state index >= 15 is 0 Å². The van der Waals surface area contributed by atoms with Crippen molar-refractivity contribution in [3.63, 3.8) is 0 Å². The van der Waals surface area contributed by atoms with E-state index in [-0.39, 0.29) is 0 Å². The minimum Gasteiger partial charge on any atom is -0.480 e. The summed E-state index contributed by atoms with van der Waals surface area (Å²) in [6.45, 7) is 1.73. The van der Waals surface area contributed by atoms with Crippen molar-refractivity contribution in [1.82, 2.24) is 5.32 Å². The van der Waals surface area contributed by atoms with Crippen LogP contribution in [0.3, 0.4) is 0 Å². The molecule has 5 heteroatoms. The summed E-state index contributed by atoms with van der Waals surface area (Å²) in [6.07, 6.45) is 2.58. The summed E-state index contributed by atoms with van der Waals surface area (Å²) in [4.78, 5) is 12.3. The summed E-state index contributed by atoms with van der Waals surface area (Å²) in [6, 6.07) is 8.24. The number of halogens is 1. The summed E-state index contributed by atoms with van der Waals surface area (Å²) < 4.78 is 1.09. The smallest absolute Gasteiger partial charge is 0.323 e. The molecule has 1 unspecified atom stereocenters. The Labute approximate surface area is 127 Å². The van der Waals surface area contributed by atoms with Gasteiger partial charge in [0.15, 0.2) is 0 Å². The predicted octanol–water partition coefficient (Wildman–Crippen LogP) is 3.77. The van der Waals surface area contributed by atoms with Crippen LogP contribution in [0, 0.1) is 0 Å². The summed E-state index contributed by atoms with van der Waals surface area (Å²) in [5.74, 6) is 0.233. The molecular weight excluding hydrogens is 326 g/mol. The van der Waals surface area contributed by atoms with Crippen LogP contribution in [0.4, 0.5) is 0 Å². The van der Waals surface area contributed by atoms with Crippen LogP contribution < -0.4 is 5.32 Å². The fourth-order valence-electron chi connectivity index (χ4n) is 1.64. The molecule has 0 saturated carbocycles. The Balaban J connectivity index is 2.24. The lowest BCUT2D eigenvalue weighted by atomic mass is 9.95. The summed E-state index contributed by atoms with van der Waals surface area (Å²) in [5.41, 5.74) is -0.803. The molecule has 0 aliphatic carbocycles. The summed E-state index contributed by atoms with van der Waals surface area (Å²) >= 11 is 5.22. The van der Waals surface area contributed by atoms with E-state index < -0.39 is 11.5 Å². The number of likely N-dealkylation sites (N-methyl/N-ethyl adjacent to an activating group) is 1. The summed E-state index contributed by atoms with van der Waals surface area (Å²) in [5, 5.41) is 12.0. The maximum Gasteiger partial charge on any atom is 0.323 e. The van der Waals surface area contributed by atoms with Gasteiger partial charge in [0.05, 0.1) is 0 Å². The Kier molecular flexibility index (Phi) is 6.89. The third kappa shape index (κ3) is 5.55. The van der Waals surface area contributed by atoms with Crippen molar-refractivity contribution in [2.45, 2.75) is 36.6 Å². The van der Waals surface area contributed by atoms with Gasteiger partial charge >= 0.3 is 5.97 Å². The van der Waals surface area contributed by atoms with E-state index in [1.54, 1.807) is 14.0 Å². The topological polar surface area (TPSA) is 49.3 Å². The lowest BCUT2D eigenvalue weighted by Crippen LogP contribution is -2.47. The molecule has 0 aromatic heterocycles. The molecule has 106 valence electrons. The number of hydrogen-bond acceptors (Lipinski definition) is 3. The molecule has 0 heterocycles.